The molecule has 3 saturated carbocycles. The van der Waals surface area contributed by atoms with Gasteiger partial charge in [-0.1, -0.05) is 40.5 Å². The molecule has 16 heavy (non-hydrogen) atoms. The minimum absolute atomic E-state index is 1.11. The van der Waals surface area contributed by atoms with Gasteiger partial charge in [-0.15, -0.1) is 0 Å². The molecule has 94 valence electrons. The summed E-state index contributed by atoms with van der Waals surface area (Å²) >= 11 is 0. The average molecular weight is 222 g/mol. The van der Waals surface area contributed by atoms with Crippen LogP contribution in [0.5, 0.6) is 0 Å². The van der Waals surface area contributed by atoms with Crippen LogP contribution in [-0.4, -0.2) is 0 Å². The lowest BCUT2D eigenvalue weighted by Crippen LogP contribution is -2.24. The standard InChI is InChI=1S/C14H24.C2H6/c1-3-9-7-10(4-2)14-12-6-5-11(8-12)13(9)14;1-2/h9-14H,3-8H2,1-2H3;1-2H3. The van der Waals surface area contributed by atoms with Crippen LogP contribution in [0.2, 0.25) is 0 Å². The van der Waals surface area contributed by atoms with Crippen LogP contribution in [0.15, 0.2) is 0 Å². The number of fused-ring (bicyclic) bond motifs is 5. The van der Waals surface area contributed by atoms with Crippen LogP contribution in [0.3, 0.4) is 0 Å². The second-order valence-electron chi connectivity index (χ2n) is 6.06. The summed E-state index contributed by atoms with van der Waals surface area (Å²) in [5, 5.41) is 0. The van der Waals surface area contributed by atoms with Gasteiger partial charge in [0, 0.05) is 0 Å². The van der Waals surface area contributed by atoms with Crippen LogP contribution in [0, 0.1) is 35.5 Å². The highest BCUT2D eigenvalue weighted by Crippen LogP contribution is 2.63. The predicted octanol–water partition coefficient (Wildman–Crippen LogP) is 5.13. The van der Waals surface area contributed by atoms with Gasteiger partial charge in [0.15, 0.2) is 0 Å². The van der Waals surface area contributed by atoms with Gasteiger partial charge >= 0.3 is 0 Å². The highest BCUT2D eigenvalue weighted by Gasteiger charge is 2.55. The Balaban J connectivity index is 0.000000457. The summed E-state index contributed by atoms with van der Waals surface area (Å²) in [4.78, 5) is 0. The first-order chi connectivity index (χ1) is 7.85. The molecule has 0 amide bonds. The first-order valence-electron chi connectivity index (χ1n) is 7.85. The van der Waals surface area contributed by atoms with E-state index in [4.69, 9.17) is 0 Å². The maximum absolute atomic E-state index is 2.42. The zero-order valence-corrected chi connectivity index (χ0v) is 11.7. The Kier molecular flexibility index (Phi) is 3.97. The van der Waals surface area contributed by atoms with Gasteiger partial charge in [-0.2, -0.15) is 0 Å². The van der Waals surface area contributed by atoms with Crippen LogP contribution in [0.1, 0.15) is 66.2 Å². The summed E-state index contributed by atoms with van der Waals surface area (Å²) in [6.45, 7) is 8.84. The molecular weight excluding hydrogens is 192 g/mol. The molecule has 0 spiro atoms. The molecule has 0 aliphatic heterocycles. The first kappa shape index (κ1) is 12.5. The number of hydrogen-bond donors (Lipinski definition) is 0. The summed E-state index contributed by atoms with van der Waals surface area (Å²) in [7, 11) is 0. The summed E-state index contributed by atoms with van der Waals surface area (Å²) in [5.74, 6) is 6.88. The molecule has 6 atom stereocenters. The van der Waals surface area contributed by atoms with Crippen molar-refractivity contribution in [2.24, 2.45) is 35.5 Å². The molecule has 0 nitrogen and oxygen atoms in total. The van der Waals surface area contributed by atoms with Crippen LogP contribution < -0.4 is 0 Å². The van der Waals surface area contributed by atoms with Crippen LogP contribution >= 0.6 is 0 Å². The largest absolute Gasteiger partial charge is 0.0683 e. The summed E-state index contributed by atoms with van der Waals surface area (Å²) in [6, 6.07) is 0. The van der Waals surface area contributed by atoms with E-state index in [0.717, 1.165) is 23.7 Å². The van der Waals surface area contributed by atoms with E-state index in [1.165, 1.54) is 24.7 Å². The molecule has 6 unspecified atom stereocenters. The van der Waals surface area contributed by atoms with Crippen LogP contribution in [0.25, 0.3) is 0 Å². The van der Waals surface area contributed by atoms with E-state index in [1.54, 1.807) is 25.7 Å². The van der Waals surface area contributed by atoms with Gasteiger partial charge in [-0.05, 0) is 61.2 Å². The summed E-state index contributed by atoms with van der Waals surface area (Å²) in [5.41, 5.74) is 0. The minimum atomic E-state index is 1.11. The van der Waals surface area contributed by atoms with Crippen molar-refractivity contribution in [3.05, 3.63) is 0 Å². The fourth-order valence-electron chi connectivity index (χ4n) is 5.36. The van der Waals surface area contributed by atoms with Crippen molar-refractivity contribution in [2.45, 2.75) is 66.2 Å². The zero-order chi connectivity index (χ0) is 11.7. The molecular formula is C16H30. The molecule has 2 bridgehead atoms. The molecule has 0 N–H and O–H groups in total. The van der Waals surface area contributed by atoms with Crippen LogP contribution in [-0.2, 0) is 0 Å². The number of rotatable bonds is 2. The Bertz CT molecular complexity index is 198. The lowest BCUT2D eigenvalue weighted by molar-refractivity contribution is 0.184. The minimum Gasteiger partial charge on any atom is -0.0683 e. The molecule has 0 radical (unpaired) electrons. The fourth-order valence-corrected chi connectivity index (χ4v) is 5.36. The van der Waals surface area contributed by atoms with E-state index in [2.05, 4.69) is 13.8 Å². The Labute approximate surface area is 102 Å². The van der Waals surface area contributed by atoms with Gasteiger partial charge in [-0.3, -0.25) is 0 Å². The van der Waals surface area contributed by atoms with Crippen LogP contribution in [0.4, 0.5) is 0 Å². The summed E-state index contributed by atoms with van der Waals surface area (Å²) in [6.07, 6.45) is 9.27. The molecule has 0 aromatic heterocycles. The first-order valence-corrected chi connectivity index (χ1v) is 7.85. The van der Waals surface area contributed by atoms with Gasteiger partial charge in [0.2, 0.25) is 0 Å². The Morgan fingerprint density at radius 3 is 1.56 bits per heavy atom. The van der Waals surface area contributed by atoms with E-state index in [1.807, 2.05) is 13.8 Å². The van der Waals surface area contributed by atoms with Gasteiger partial charge in [0.05, 0.1) is 0 Å². The molecule has 0 aromatic rings. The molecule has 0 aromatic carbocycles. The normalized spacial score (nSPS) is 48.8. The fraction of sp³-hybridized carbons (Fsp3) is 1.00. The van der Waals surface area contributed by atoms with E-state index in [0.29, 0.717) is 0 Å². The third-order valence-corrected chi connectivity index (χ3v) is 5.79. The van der Waals surface area contributed by atoms with Crippen molar-refractivity contribution in [3.63, 3.8) is 0 Å². The Morgan fingerprint density at radius 1 is 0.750 bits per heavy atom. The van der Waals surface area contributed by atoms with Crippen molar-refractivity contribution in [1.82, 2.24) is 0 Å². The SMILES string of the molecule is CC.CCC1CC(CC)C2C3CCC(C3)C12. The Morgan fingerprint density at radius 2 is 1.19 bits per heavy atom. The third kappa shape index (κ3) is 1.73. The monoisotopic (exact) mass is 222 g/mol. The lowest BCUT2D eigenvalue weighted by Gasteiger charge is -2.30. The molecule has 0 heteroatoms. The third-order valence-electron chi connectivity index (χ3n) is 5.79. The van der Waals surface area contributed by atoms with E-state index >= 15 is 0 Å². The van der Waals surface area contributed by atoms with E-state index in [-0.39, 0.29) is 0 Å². The topological polar surface area (TPSA) is 0 Å². The van der Waals surface area contributed by atoms with Gasteiger partial charge in [0.25, 0.3) is 0 Å². The molecule has 0 saturated heterocycles. The molecule has 0 heterocycles. The molecule has 3 rings (SSSR count). The lowest BCUT2D eigenvalue weighted by atomic mass is 9.75. The highest BCUT2D eigenvalue weighted by molar-refractivity contribution is 5.04. The maximum Gasteiger partial charge on any atom is -0.0324 e. The number of hydrogen-bond acceptors (Lipinski definition) is 0. The van der Waals surface area contributed by atoms with Gasteiger partial charge in [0.1, 0.15) is 0 Å². The second kappa shape index (κ2) is 5.10. The zero-order valence-electron chi connectivity index (χ0n) is 11.7. The van der Waals surface area contributed by atoms with Crippen molar-refractivity contribution in [3.8, 4) is 0 Å². The second-order valence-corrected chi connectivity index (χ2v) is 6.06. The Hall–Kier alpha value is 0. The van der Waals surface area contributed by atoms with Crippen molar-refractivity contribution in [1.29, 1.82) is 0 Å². The average Bonchev–Trinajstić information content (AvgIpc) is 3.02. The molecule has 3 aliphatic carbocycles. The quantitative estimate of drug-likeness (QED) is 0.607. The van der Waals surface area contributed by atoms with Crippen molar-refractivity contribution < 1.29 is 0 Å². The maximum atomic E-state index is 2.42. The van der Waals surface area contributed by atoms with Gasteiger partial charge < -0.3 is 0 Å². The van der Waals surface area contributed by atoms with Gasteiger partial charge in [-0.25, -0.2) is 0 Å². The van der Waals surface area contributed by atoms with Crippen molar-refractivity contribution in [2.75, 3.05) is 0 Å². The van der Waals surface area contributed by atoms with E-state index in [9.17, 15) is 0 Å². The highest BCUT2D eigenvalue weighted by atomic mass is 14.6. The predicted molar refractivity (Wildman–Crippen MR) is 71.3 cm³/mol. The van der Waals surface area contributed by atoms with E-state index < -0.39 is 0 Å². The summed E-state index contributed by atoms with van der Waals surface area (Å²) < 4.78 is 0. The van der Waals surface area contributed by atoms with Crippen molar-refractivity contribution >= 4 is 0 Å². The molecule has 3 fully saturated rings. The molecule has 3 aliphatic rings. The smallest absolute Gasteiger partial charge is 0.0324 e.